The summed E-state index contributed by atoms with van der Waals surface area (Å²) >= 11 is 11.7. The van der Waals surface area contributed by atoms with Crippen LogP contribution in [-0.2, 0) is 12.8 Å². The van der Waals surface area contributed by atoms with E-state index in [4.69, 9.17) is 23.2 Å². The van der Waals surface area contributed by atoms with E-state index in [1.54, 1.807) is 38.1 Å². The summed E-state index contributed by atoms with van der Waals surface area (Å²) in [7, 11) is 0. The summed E-state index contributed by atoms with van der Waals surface area (Å²) in [6, 6.07) is 6.90. The second kappa shape index (κ2) is 6.11. The van der Waals surface area contributed by atoms with Crippen LogP contribution in [0.25, 0.3) is 0 Å². The van der Waals surface area contributed by atoms with Gasteiger partial charge >= 0.3 is 0 Å². The van der Waals surface area contributed by atoms with Crippen LogP contribution < -0.4 is 0 Å². The molecule has 0 heterocycles. The largest absolute Gasteiger partial charge is 0.205 e. The summed E-state index contributed by atoms with van der Waals surface area (Å²) in [6.07, 6.45) is 0.754. The Hall–Kier alpha value is -1.12. The molecule has 106 valence electrons. The monoisotopic (exact) mass is 314 g/mol. The average molecular weight is 315 g/mol. The van der Waals surface area contributed by atoms with E-state index < -0.39 is 11.6 Å². The zero-order valence-electron chi connectivity index (χ0n) is 11.2. The van der Waals surface area contributed by atoms with E-state index in [0.29, 0.717) is 35.1 Å². The summed E-state index contributed by atoms with van der Waals surface area (Å²) in [6.45, 7) is 3.49. The van der Waals surface area contributed by atoms with Crippen molar-refractivity contribution in [2.45, 2.75) is 26.7 Å². The third kappa shape index (κ3) is 2.97. The maximum atomic E-state index is 14.0. The van der Waals surface area contributed by atoms with Crippen molar-refractivity contribution < 1.29 is 8.78 Å². The Morgan fingerprint density at radius 1 is 0.750 bits per heavy atom. The Labute approximate surface area is 127 Å². The zero-order chi connectivity index (χ0) is 14.9. The smallest absolute Gasteiger partial charge is 0.145 e. The molecule has 0 atom stereocenters. The van der Waals surface area contributed by atoms with Crippen molar-refractivity contribution in [2.24, 2.45) is 0 Å². The van der Waals surface area contributed by atoms with Crippen molar-refractivity contribution in [3.05, 3.63) is 68.2 Å². The van der Waals surface area contributed by atoms with Gasteiger partial charge < -0.3 is 0 Å². The molecule has 0 amide bonds. The predicted octanol–water partition coefficient (Wildman–Crippen LogP) is 5.67. The fourth-order valence-electron chi connectivity index (χ4n) is 2.03. The molecule has 2 rings (SSSR count). The lowest BCUT2D eigenvalue weighted by molar-refractivity contribution is 0.594. The highest BCUT2D eigenvalue weighted by atomic mass is 35.5. The van der Waals surface area contributed by atoms with Gasteiger partial charge in [-0.05, 0) is 48.9 Å². The first-order valence-electron chi connectivity index (χ1n) is 6.28. The van der Waals surface area contributed by atoms with Crippen molar-refractivity contribution in [1.82, 2.24) is 0 Å². The van der Waals surface area contributed by atoms with E-state index in [2.05, 4.69) is 0 Å². The van der Waals surface area contributed by atoms with E-state index >= 15 is 0 Å². The molecular formula is C16H14Cl2F2. The van der Waals surface area contributed by atoms with E-state index in [1.165, 1.54) is 0 Å². The molecule has 0 saturated heterocycles. The molecular weight excluding hydrogens is 301 g/mol. The Bertz CT molecular complexity index is 594. The van der Waals surface area contributed by atoms with Crippen LogP contribution in [0.4, 0.5) is 8.78 Å². The zero-order valence-corrected chi connectivity index (χ0v) is 12.7. The van der Waals surface area contributed by atoms with Gasteiger partial charge in [0.05, 0.1) is 10.0 Å². The summed E-state index contributed by atoms with van der Waals surface area (Å²) < 4.78 is 27.9. The number of aryl methyl sites for hydroxylation is 4. The molecule has 0 radical (unpaired) electrons. The predicted molar refractivity (Wildman–Crippen MR) is 79.7 cm³/mol. The summed E-state index contributed by atoms with van der Waals surface area (Å²) in [5.41, 5.74) is 2.35. The SMILES string of the molecule is Cc1ccc(CCc2ccc(C)c(Cl)c2F)c(F)c1Cl. The molecule has 0 bridgehead atoms. The number of hydrogen-bond donors (Lipinski definition) is 0. The van der Waals surface area contributed by atoms with Gasteiger partial charge in [-0.15, -0.1) is 0 Å². The van der Waals surface area contributed by atoms with Gasteiger partial charge in [-0.1, -0.05) is 47.5 Å². The first-order valence-corrected chi connectivity index (χ1v) is 7.04. The van der Waals surface area contributed by atoms with Crippen LogP contribution in [-0.4, -0.2) is 0 Å². The molecule has 0 saturated carbocycles. The Morgan fingerprint density at radius 3 is 1.45 bits per heavy atom. The van der Waals surface area contributed by atoms with Gasteiger partial charge in [-0.25, -0.2) is 8.78 Å². The van der Waals surface area contributed by atoms with E-state index in [0.717, 1.165) is 0 Å². The molecule has 0 aliphatic rings. The molecule has 0 N–H and O–H groups in total. The highest BCUT2D eigenvalue weighted by molar-refractivity contribution is 6.31. The fourth-order valence-corrected chi connectivity index (χ4v) is 2.40. The average Bonchev–Trinajstić information content (AvgIpc) is 2.43. The van der Waals surface area contributed by atoms with Crippen molar-refractivity contribution in [2.75, 3.05) is 0 Å². The molecule has 0 fully saturated rings. The topological polar surface area (TPSA) is 0 Å². The second-order valence-electron chi connectivity index (χ2n) is 4.84. The minimum absolute atomic E-state index is 0.130. The quantitative estimate of drug-likeness (QED) is 0.684. The molecule has 4 heteroatoms. The standard InChI is InChI=1S/C16H14Cl2F2/c1-9-3-5-11(15(19)13(9)17)7-8-12-6-4-10(2)14(18)16(12)20/h3-6H,7-8H2,1-2H3. The highest BCUT2D eigenvalue weighted by Gasteiger charge is 2.12. The van der Waals surface area contributed by atoms with Crippen LogP contribution in [0, 0.1) is 25.5 Å². The molecule has 0 aliphatic heterocycles. The summed E-state index contributed by atoms with van der Waals surface area (Å²) in [5, 5.41) is 0.259. The van der Waals surface area contributed by atoms with Gasteiger partial charge in [0.15, 0.2) is 0 Å². The van der Waals surface area contributed by atoms with Gasteiger partial charge in [0.2, 0.25) is 0 Å². The van der Waals surface area contributed by atoms with Crippen molar-refractivity contribution >= 4 is 23.2 Å². The molecule has 0 unspecified atom stereocenters. The van der Waals surface area contributed by atoms with Crippen LogP contribution in [0.3, 0.4) is 0 Å². The van der Waals surface area contributed by atoms with Gasteiger partial charge in [0.25, 0.3) is 0 Å². The second-order valence-corrected chi connectivity index (χ2v) is 5.60. The Kier molecular flexibility index (Phi) is 4.66. The van der Waals surface area contributed by atoms with E-state index in [9.17, 15) is 8.78 Å². The molecule has 0 aliphatic carbocycles. The number of halogens is 4. The first kappa shape index (κ1) is 15.3. The van der Waals surface area contributed by atoms with Crippen molar-refractivity contribution in [3.63, 3.8) is 0 Å². The van der Waals surface area contributed by atoms with Crippen LogP contribution in [0.2, 0.25) is 10.0 Å². The Balaban J connectivity index is 2.22. The van der Waals surface area contributed by atoms with Crippen molar-refractivity contribution in [3.8, 4) is 0 Å². The van der Waals surface area contributed by atoms with Crippen LogP contribution >= 0.6 is 23.2 Å². The van der Waals surface area contributed by atoms with Gasteiger partial charge in [-0.3, -0.25) is 0 Å². The molecule has 20 heavy (non-hydrogen) atoms. The fraction of sp³-hybridized carbons (Fsp3) is 0.250. The lowest BCUT2D eigenvalue weighted by Crippen LogP contribution is -2.00. The Morgan fingerprint density at radius 2 is 1.10 bits per heavy atom. The van der Waals surface area contributed by atoms with Gasteiger partial charge in [0, 0.05) is 0 Å². The molecule has 0 aromatic heterocycles. The number of hydrogen-bond acceptors (Lipinski definition) is 0. The molecule has 0 spiro atoms. The number of benzene rings is 2. The normalized spacial score (nSPS) is 10.9. The van der Waals surface area contributed by atoms with Crippen LogP contribution in [0.5, 0.6) is 0 Å². The van der Waals surface area contributed by atoms with Gasteiger partial charge in [-0.2, -0.15) is 0 Å². The number of rotatable bonds is 3. The third-order valence-electron chi connectivity index (χ3n) is 3.37. The molecule has 2 aromatic carbocycles. The maximum absolute atomic E-state index is 14.0. The summed E-state index contributed by atoms with van der Waals surface area (Å²) in [4.78, 5) is 0. The van der Waals surface area contributed by atoms with E-state index in [1.807, 2.05) is 0 Å². The first-order chi connectivity index (χ1) is 9.41. The van der Waals surface area contributed by atoms with E-state index in [-0.39, 0.29) is 10.0 Å². The lowest BCUT2D eigenvalue weighted by atomic mass is 10.0. The minimum Gasteiger partial charge on any atom is -0.205 e. The molecule has 0 nitrogen and oxygen atoms in total. The van der Waals surface area contributed by atoms with Crippen LogP contribution in [0.1, 0.15) is 22.3 Å². The molecule has 2 aromatic rings. The van der Waals surface area contributed by atoms with Crippen molar-refractivity contribution in [1.29, 1.82) is 0 Å². The third-order valence-corrected chi connectivity index (χ3v) is 4.30. The summed E-state index contributed by atoms with van der Waals surface area (Å²) in [5.74, 6) is -0.851. The maximum Gasteiger partial charge on any atom is 0.145 e. The van der Waals surface area contributed by atoms with Crippen LogP contribution in [0.15, 0.2) is 24.3 Å². The minimum atomic E-state index is -0.426. The highest BCUT2D eigenvalue weighted by Crippen LogP contribution is 2.26. The van der Waals surface area contributed by atoms with Gasteiger partial charge in [0.1, 0.15) is 11.6 Å². The lowest BCUT2D eigenvalue weighted by Gasteiger charge is -2.09.